The van der Waals surface area contributed by atoms with Gasteiger partial charge in [-0.25, -0.2) is 0 Å². The lowest BCUT2D eigenvalue weighted by Gasteiger charge is -2.41. The van der Waals surface area contributed by atoms with Crippen molar-refractivity contribution in [2.45, 2.75) is 97.3 Å². The second kappa shape index (κ2) is 9.24. The van der Waals surface area contributed by atoms with Crippen LogP contribution in [0.2, 0.25) is 0 Å². The lowest BCUT2D eigenvalue weighted by Crippen LogP contribution is -2.29. The van der Waals surface area contributed by atoms with E-state index in [1.54, 1.807) is 5.56 Å². The van der Waals surface area contributed by atoms with Crippen LogP contribution >= 0.6 is 0 Å². The van der Waals surface area contributed by atoms with Gasteiger partial charge in [0.1, 0.15) is 0 Å². The molecule has 2 saturated carbocycles. The third kappa shape index (κ3) is 4.89. The van der Waals surface area contributed by atoms with E-state index < -0.39 is 0 Å². The first kappa shape index (κ1) is 19.0. The van der Waals surface area contributed by atoms with Crippen molar-refractivity contribution in [2.24, 2.45) is 23.7 Å². The Hall–Kier alpha value is -0.780. The van der Waals surface area contributed by atoms with Crippen molar-refractivity contribution in [1.82, 2.24) is 0 Å². The van der Waals surface area contributed by atoms with Crippen LogP contribution in [0, 0.1) is 23.7 Å². The summed E-state index contributed by atoms with van der Waals surface area (Å²) in [6.07, 6.45) is 15.8. The van der Waals surface area contributed by atoms with E-state index in [0.717, 1.165) is 29.6 Å². The van der Waals surface area contributed by atoms with Gasteiger partial charge in [0, 0.05) is 0 Å². The molecular formula is C25H40. The lowest BCUT2D eigenvalue weighted by molar-refractivity contribution is 0.130. The summed E-state index contributed by atoms with van der Waals surface area (Å²) >= 11 is 0. The normalized spacial score (nSPS) is 33.3. The van der Waals surface area contributed by atoms with Gasteiger partial charge in [-0.05, 0) is 79.2 Å². The second-order valence-corrected chi connectivity index (χ2v) is 9.22. The van der Waals surface area contributed by atoms with E-state index in [9.17, 15) is 0 Å². The minimum atomic E-state index is 0.809. The highest BCUT2D eigenvalue weighted by molar-refractivity contribution is 5.26. The number of hydrogen-bond acceptors (Lipinski definition) is 0. The zero-order valence-corrected chi connectivity index (χ0v) is 17.0. The van der Waals surface area contributed by atoms with E-state index in [-0.39, 0.29) is 0 Å². The Bertz CT molecular complexity index is 491. The predicted molar refractivity (Wildman–Crippen MR) is 110 cm³/mol. The van der Waals surface area contributed by atoms with Gasteiger partial charge in [0.15, 0.2) is 0 Å². The highest BCUT2D eigenvalue weighted by atomic mass is 14.4. The first-order chi connectivity index (χ1) is 12.2. The quantitative estimate of drug-likeness (QED) is 0.496. The predicted octanol–water partition coefficient (Wildman–Crippen LogP) is 7.77. The molecule has 0 radical (unpaired) electrons. The number of hydrogen-bond donors (Lipinski definition) is 0. The van der Waals surface area contributed by atoms with Crippen LogP contribution in [-0.2, 0) is 6.42 Å². The van der Waals surface area contributed by atoms with Crippen molar-refractivity contribution in [3.05, 3.63) is 35.4 Å². The highest BCUT2D eigenvalue weighted by Gasteiger charge is 2.34. The van der Waals surface area contributed by atoms with Crippen LogP contribution in [0.15, 0.2) is 24.3 Å². The molecule has 0 aromatic heterocycles. The van der Waals surface area contributed by atoms with Crippen LogP contribution in [0.5, 0.6) is 0 Å². The first-order valence-electron chi connectivity index (χ1n) is 11.3. The fourth-order valence-electron chi connectivity index (χ4n) is 5.94. The van der Waals surface area contributed by atoms with Gasteiger partial charge < -0.3 is 0 Å². The standard InChI is InChI=1S/C25H40/c1-4-6-20-8-12-22(13-9-20)24-16-17-25(19(3)18-24)23-14-10-21(7-5-2)11-15-23/h10-11,14-15,19-20,22,24-25H,4-9,12-13,16-18H2,1-3H3/t19?,20-,22-,24?,25?. The van der Waals surface area contributed by atoms with Crippen LogP contribution in [0.3, 0.4) is 0 Å². The Morgan fingerprint density at radius 1 is 0.800 bits per heavy atom. The summed E-state index contributed by atoms with van der Waals surface area (Å²) in [7, 11) is 0. The van der Waals surface area contributed by atoms with Gasteiger partial charge in [0.25, 0.3) is 0 Å². The molecule has 2 aliphatic rings. The molecule has 2 fully saturated rings. The molecule has 0 aliphatic heterocycles. The monoisotopic (exact) mass is 340 g/mol. The molecule has 3 atom stereocenters. The minimum Gasteiger partial charge on any atom is -0.0654 e. The van der Waals surface area contributed by atoms with E-state index in [1.165, 1.54) is 76.2 Å². The molecule has 0 bridgehead atoms. The molecule has 0 amide bonds. The van der Waals surface area contributed by atoms with E-state index in [4.69, 9.17) is 0 Å². The number of benzene rings is 1. The molecule has 0 N–H and O–H groups in total. The molecule has 1 aromatic rings. The molecule has 140 valence electrons. The van der Waals surface area contributed by atoms with E-state index in [2.05, 4.69) is 45.0 Å². The molecule has 25 heavy (non-hydrogen) atoms. The van der Waals surface area contributed by atoms with Crippen molar-refractivity contribution in [1.29, 1.82) is 0 Å². The van der Waals surface area contributed by atoms with Gasteiger partial charge >= 0.3 is 0 Å². The summed E-state index contributed by atoms with van der Waals surface area (Å²) in [5.41, 5.74) is 3.12. The maximum Gasteiger partial charge on any atom is -0.0136 e. The van der Waals surface area contributed by atoms with Gasteiger partial charge in [0.2, 0.25) is 0 Å². The Balaban J connectivity index is 1.52. The second-order valence-electron chi connectivity index (χ2n) is 9.22. The molecule has 0 saturated heterocycles. The maximum atomic E-state index is 2.53. The van der Waals surface area contributed by atoms with Crippen LogP contribution in [-0.4, -0.2) is 0 Å². The van der Waals surface area contributed by atoms with Crippen LogP contribution in [0.25, 0.3) is 0 Å². The maximum absolute atomic E-state index is 2.53. The van der Waals surface area contributed by atoms with Crippen LogP contribution in [0.4, 0.5) is 0 Å². The van der Waals surface area contributed by atoms with Gasteiger partial charge in [-0.2, -0.15) is 0 Å². The highest BCUT2D eigenvalue weighted by Crippen LogP contribution is 2.46. The van der Waals surface area contributed by atoms with E-state index in [0.29, 0.717) is 0 Å². The van der Waals surface area contributed by atoms with Gasteiger partial charge in [-0.15, -0.1) is 0 Å². The molecule has 2 aliphatic carbocycles. The SMILES string of the molecule is CCCc1ccc(C2CCC([C@H]3CC[C@H](CCC)CC3)CC2C)cc1. The molecule has 3 rings (SSSR count). The zero-order chi connectivity index (χ0) is 17.6. The summed E-state index contributed by atoms with van der Waals surface area (Å²) in [6.45, 7) is 7.15. The first-order valence-corrected chi connectivity index (χ1v) is 11.3. The molecule has 0 heterocycles. The zero-order valence-electron chi connectivity index (χ0n) is 17.0. The minimum absolute atomic E-state index is 0.809. The molecular weight excluding hydrogens is 300 g/mol. The molecule has 1 aromatic carbocycles. The largest absolute Gasteiger partial charge is 0.0654 e. The fourth-order valence-corrected chi connectivity index (χ4v) is 5.94. The Labute approximate surface area is 156 Å². The van der Waals surface area contributed by atoms with Crippen molar-refractivity contribution in [3.63, 3.8) is 0 Å². The molecule has 0 spiro atoms. The molecule has 3 unspecified atom stereocenters. The third-order valence-corrected chi connectivity index (χ3v) is 7.41. The number of rotatable bonds is 6. The lowest BCUT2D eigenvalue weighted by atomic mass is 9.65. The summed E-state index contributed by atoms with van der Waals surface area (Å²) in [5.74, 6) is 4.79. The smallest absolute Gasteiger partial charge is 0.0136 e. The van der Waals surface area contributed by atoms with Crippen molar-refractivity contribution < 1.29 is 0 Å². The van der Waals surface area contributed by atoms with Gasteiger partial charge in [0.05, 0.1) is 0 Å². The Morgan fingerprint density at radius 3 is 2.08 bits per heavy atom. The Kier molecular flexibility index (Phi) is 7.02. The van der Waals surface area contributed by atoms with Crippen molar-refractivity contribution in [2.75, 3.05) is 0 Å². The summed E-state index contributed by atoms with van der Waals surface area (Å²) in [4.78, 5) is 0. The van der Waals surface area contributed by atoms with Gasteiger partial charge in [-0.1, -0.05) is 77.1 Å². The third-order valence-electron chi connectivity index (χ3n) is 7.41. The Morgan fingerprint density at radius 2 is 1.48 bits per heavy atom. The van der Waals surface area contributed by atoms with E-state index in [1.807, 2.05) is 0 Å². The fraction of sp³-hybridized carbons (Fsp3) is 0.760. The van der Waals surface area contributed by atoms with Gasteiger partial charge in [-0.3, -0.25) is 0 Å². The summed E-state index contributed by atoms with van der Waals surface area (Å²) < 4.78 is 0. The van der Waals surface area contributed by atoms with Crippen molar-refractivity contribution in [3.8, 4) is 0 Å². The van der Waals surface area contributed by atoms with Crippen LogP contribution < -0.4 is 0 Å². The average molecular weight is 341 g/mol. The molecule has 0 nitrogen and oxygen atoms in total. The number of aryl methyl sites for hydroxylation is 1. The summed E-state index contributed by atoms with van der Waals surface area (Å²) in [6, 6.07) is 9.63. The van der Waals surface area contributed by atoms with Crippen molar-refractivity contribution >= 4 is 0 Å². The molecule has 0 heteroatoms. The summed E-state index contributed by atoms with van der Waals surface area (Å²) in [5, 5.41) is 0. The van der Waals surface area contributed by atoms with Crippen LogP contribution in [0.1, 0.15) is 102 Å². The topological polar surface area (TPSA) is 0 Å². The van der Waals surface area contributed by atoms with E-state index >= 15 is 0 Å². The average Bonchev–Trinajstić information content (AvgIpc) is 2.64.